The number of benzene rings is 3. The molecule has 0 unspecified atom stereocenters. The summed E-state index contributed by atoms with van der Waals surface area (Å²) in [6.45, 7) is 5.02. The molecule has 0 radical (unpaired) electrons. The van der Waals surface area contributed by atoms with Crippen molar-refractivity contribution in [3.05, 3.63) is 86.7 Å². The van der Waals surface area contributed by atoms with E-state index in [0.29, 0.717) is 27.6 Å². The maximum Gasteiger partial charge on any atom is 0.347 e. The zero-order chi connectivity index (χ0) is 31.4. The zero-order valence-electron chi connectivity index (χ0n) is 24.3. The fraction of sp³-hybridized carbons (Fsp3) is 0.226. The largest absolute Gasteiger partial charge is 0.496 e. The molecule has 2 aromatic heterocycles. The van der Waals surface area contributed by atoms with E-state index in [1.165, 1.54) is 25.3 Å². The first-order valence-electron chi connectivity index (χ1n) is 13.7. The van der Waals surface area contributed by atoms with Gasteiger partial charge in [-0.2, -0.15) is 9.78 Å². The summed E-state index contributed by atoms with van der Waals surface area (Å²) in [5.74, 6) is 0.0110. The van der Waals surface area contributed by atoms with Crippen molar-refractivity contribution in [2.24, 2.45) is 5.10 Å². The van der Waals surface area contributed by atoms with E-state index in [-0.39, 0.29) is 41.9 Å². The third-order valence-electron chi connectivity index (χ3n) is 6.51. The molecule has 1 atom stereocenters. The highest BCUT2D eigenvalue weighted by Crippen LogP contribution is 2.39. The van der Waals surface area contributed by atoms with Crippen molar-refractivity contribution in [3.63, 3.8) is 0 Å². The van der Waals surface area contributed by atoms with Gasteiger partial charge >= 0.3 is 11.7 Å². The molecule has 5 aromatic rings. The van der Waals surface area contributed by atoms with Crippen molar-refractivity contribution in [1.82, 2.24) is 9.66 Å². The zero-order valence-corrected chi connectivity index (χ0v) is 24.3. The molecule has 0 aliphatic rings. The van der Waals surface area contributed by atoms with Crippen molar-refractivity contribution in [1.29, 1.82) is 0 Å². The molecule has 5 rings (SSSR count). The Morgan fingerprint density at radius 3 is 2.61 bits per heavy atom. The second-order valence-electron chi connectivity index (χ2n) is 9.37. The van der Waals surface area contributed by atoms with Crippen molar-refractivity contribution in [2.75, 3.05) is 20.3 Å². The molecular formula is C31H28N4O9. The number of fused-ring (bicyclic) bond motifs is 2. The number of hydrogen-bond donors (Lipinski definition) is 0. The summed E-state index contributed by atoms with van der Waals surface area (Å²) >= 11 is 0. The summed E-state index contributed by atoms with van der Waals surface area (Å²) in [5, 5.41) is 17.5. The van der Waals surface area contributed by atoms with E-state index in [4.69, 9.17) is 23.4 Å². The molecule has 0 amide bonds. The minimum atomic E-state index is -1.14. The van der Waals surface area contributed by atoms with Gasteiger partial charge in [0.15, 0.2) is 17.6 Å². The summed E-state index contributed by atoms with van der Waals surface area (Å²) in [7, 11) is 1.54. The topological polar surface area (TPSA) is 158 Å². The van der Waals surface area contributed by atoms with Gasteiger partial charge in [0.25, 0.3) is 5.56 Å². The maximum absolute atomic E-state index is 13.7. The van der Waals surface area contributed by atoms with Crippen LogP contribution in [0.1, 0.15) is 26.3 Å². The van der Waals surface area contributed by atoms with Crippen LogP contribution in [0.4, 0.5) is 5.69 Å². The number of nitrogens with zero attached hydrogens (tertiary/aromatic N) is 4. The van der Waals surface area contributed by atoms with Gasteiger partial charge in [-0.05, 0) is 57.2 Å². The van der Waals surface area contributed by atoms with Gasteiger partial charge in [0, 0.05) is 11.6 Å². The number of nitro groups is 1. The minimum absolute atomic E-state index is 0.00730. The van der Waals surface area contributed by atoms with Gasteiger partial charge < -0.3 is 23.4 Å². The van der Waals surface area contributed by atoms with Crippen LogP contribution in [0.15, 0.2) is 75.0 Å². The normalized spacial score (nSPS) is 12.0. The number of rotatable bonds is 11. The quantitative estimate of drug-likeness (QED) is 0.0839. The average Bonchev–Trinajstić information content (AvgIpc) is 3.46. The highest BCUT2D eigenvalue weighted by molar-refractivity contribution is 5.89. The molecule has 13 heteroatoms. The van der Waals surface area contributed by atoms with Crippen molar-refractivity contribution >= 4 is 39.7 Å². The molecule has 0 spiro atoms. The second kappa shape index (κ2) is 12.7. The highest BCUT2D eigenvalue weighted by atomic mass is 16.6. The fourth-order valence-electron chi connectivity index (χ4n) is 4.52. The third-order valence-corrected chi connectivity index (χ3v) is 6.51. The molecule has 0 bridgehead atoms. The van der Waals surface area contributed by atoms with Gasteiger partial charge in [-0.1, -0.05) is 18.2 Å². The molecule has 0 aliphatic carbocycles. The van der Waals surface area contributed by atoms with E-state index in [9.17, 15) is 19.7 Å². The standard InChI is InChI=1S/C31H28N4O9/c1-5-41-26-15-19(14-23(35(38)39)28(26)43-18(3)31(37)42-6-2)17-32-34-29(33-22-11-8-7-10-20(22)30(34)36)27-16-21-24(40-4)12-9-13-25(21)44-27/h7-18H,5-6H2,1-4H3/t18-/m0/s1. The van der Waals surface area contributed by atoms with E-state index >= 15 is 0 Å². The number of esters is 1. The van der Waals surface area contributed by atoms with Crippen LogP contribution in [0, 0.1) is 10.1 Å². The Kier molecular flexibility index (Phi) is 8.56. The first-order valence-corrected chi connectivity index (χ1v) is 13.7. The number of furan rings is 1. The number of hydrogen-bond acceptors (Lipinski definition) is 11. The number of methoxy groups -OCH3 is 1. The first kappa shape index (κ1) is 29.8. The van der Waals surface area contributed by atoms with Crippen molar-refractivity contribution < 1.29 is 33.1 Å². The minimum Gasteiger partial charge on any atom is -0.496 e. The first-order chi connectivity index (χ1) is 21.2. The van der Waals surface area contributed by atoms with E-state index in [1.54, 1.807) is 69.5 Å². The number of nitro benzene ring substituents is 1. The number of aromatic nitrogens is 2. The predicted molar refractivity (Wildman–Crippen MR) is 162 cm³/mol. The van der Waals surface area contributed by atoms with Gasteiger partial charge in [-0.15, -0.1) is 0 Å². The lowest BCUT2D eigenvalue weighted by molar-refractivity contribution is -0.386. The Labute approximate surface area is 250 Å². The van der Waals surface area contributed by atoms with Crippen LogP contribution < -0.4 is 19.8 Å². The molecule has 44 heavy (non-hydrogen) atoms. The summed E-state index contributed by atoms with van der Waals surface area (Å²) in [4.78, 5) is 41.9. The summed E-state index contributed by atoms with van der Waals surface area (Å²) in [5.41, 5.74) is 0.201. The molecule has 0 saturated carbocycles. The number of para-hydroxylation sites is 1. The lowest BCUT2D eigenvalue weighted by atomic mass is 10.1. The van der Waals surface area contributed by atoms with E-state index < -0.39 is 28.2 Å². The highest BCUT2D eigenvalue weighted by Gasteiger charge is 2.27. The Morgan fingerprint density at radius 2 is 1.89 bits per heavy atom. The van der Waals surface area contributed by atoms with Gasteiger partial charge in [-0.25, -0.2) is 9.78 Å². The van der Waals surface area contributed by atoms with E-state index in [0.717, 1.165) is 4.68 Å². The van der Waals surface area contributed by atoms with Crippen LogP contribution in [0.3, 0.4) is 0 Å². The molecule has 0 aliphatic heterocycles. The molecular weight excluding hydrogens is 572 g/mol. The lowest BCUT2D eigenvalue weighted by Gasteiger charge is -2.17. The monoisotopic (exact) mass is 600 g/mol. The molecule has 0 saturated heterocycles. The summed E-state index contributed by atoms with van der Waals surface area (Å²) in [6, 6.07) is 16.5. The molecule has 226 valence electrons. The van der Waals surface area contributed by atoms with Crippen LogP contribution in [-0.2, 0) is 9.53 Å². The molecule has 2 heterocycles. The Bertz CT molecular complexity index is 1960. The van der Waals surface area contributed by atoms with Gasteiger partial charge in [0.1, 0.15) is 11.3 Å². The van der Waals surface area contributed by atoms with Gasteiger partial charge in [0.05, 0.1) is 47.8 Å². The van der Waals surface area contributed by atoms with E-state index in [2.05, 4.69) is 10.1 Å². The maximum atomic E-state index is 13.7. The van der Waals surface area contributed by atoms with Crippen LogP contribution >= 0.6 is 0 Å². The number of ether oxygens (including phenoxy) is 4. The van der Waals surface area contributed by atoms with Crippen LogP contribution in [0.5, 0.6) is 17.2 Å². The predicted octanol–water partition coefficient (Wildman–Crippen LogP) is 5.34. The average molecular weight is 601 g/mol. The second-order valence-corrected chi connectivity index (χ2v) is 9.37. The lowest BCUT2D eigenvalue weighted by Crippen LogP contribution is -2.26. The van der Waals surface area contributed by atoms with Gasteiger partial charge in [0.2, 0.25) is 11.6 Å². The van der Waals surface area contributed by atoms with Crippen LogP contribution in [0.25, 0.3) is 33.5 Å². The summed E-state index contributed by atoms with van der Waals surface area (Å²) in [6.07, 6.45) is 0.123. The van der Waals surface area contributed by atoms with Crippen LogP contribution in [0.2, 0.25) is 0 Å². The van der Waals surface area contributed by atoms with E-state index in [1.807, 2.05) is 0 Å². The number of carbonyl (C=O) groups is 1. The smallest absolute Gasteiger partial charge is 0.347 e. The summed E-state index contributed by atoms with van der Waals surface area (Å²) < 4.78 is 28.8. The van der Waals surface area contributed by atoms with Crippen LogP contribution in [-0.4, -0.2) is 53.2 Å². The van der Waals surface area contributed by atoms with Crippen molar-refractivity contribution in [3.8, 4) is 28.8 Å². The van der Waals surface area contributed by atoms with Crippen molar-refractivity contribution in [2.45, 2.75) is 26.9 Å². The molecule has 0 fully saturated rings. The SMILES string of the molecule is CCOC(=O)[C@H](C)Oc1c(OCC)cc(C=Nn2c(-c3cc4c(OC)cccc4o3)nc3ccccc3c2=O)cc1[N+](=O)[O-]. The molecule has 3 aromatic carbocycles. The Balaban J connectivity index is 1.65. The third kappa shape index (κ3) is 5.79. The molecule has 13 nitrogen and oxygen atoms in total. The Hall–Kier alpha value is -5.72. The number of carbonyl (C=O) groups excluding carboxylic acids is 1. The van der Waals surface area contributed by atoms with Gasteiger partial charge in [-0.3, -0.25) is 14.9 Å². The fourth-order valence-corrected chi connectivity index (χ4v) is 4.52. The molecule has 0 N–H and O–H groups in total. The Morgan fingerprint density at radius 1 is 1.09 bits per heavy atom.